The molecular weight excluding hydrogens is 392 g/mol. The molecule has 0 unspecified atom stereocenters. The maximum atomic E-state index is 12.5. The van der Waals surface area contributed by atoms with Gasteiger partial charge in [-0.1, -0.05) is 30.3 Å². The molecule has 2 aromatic heterocycles. The van der Waals surface area contributed by atoms with Crippen molar-refractivity contribution in [1.82, 2.24) is 9.97 Å². The summed E-state index contributed by atoms with van der Waals surface area (Å²) >= 11 is 0. The molecule has 30 heavy (non-hydrogen) atoms. The Morgan fingerprint density at radius 3 is 2.33 bits per heavy atom. The number of aromatic hydroxyl groups is 2. The molecule has 3 N–H and O–H groups in total. The van der Waals surface area contributed by atoms with Crippen LogP contribution in [0.2, 0.25) is 0 Å². The summed E-state index contributed by atoms with van der Waals surface area (Å²) in [6.45, 7) is -2.93. The number of ether oxygens (including phenoxy) is 1. The summed E-state index contributed by atoms with van der Waals surface area (Å²) in [6.07, 6.45) is 3.09. The fourth-order valence-corrected chi connectivity index (χ4v) is 3.21. The molecule has 1 atom stereocenters. The highest BCUT2D eigenvalue weighted by Gasteiger charge is 2.21. The van der Waals surface area contributed by atoms with Crippen LogP contribution in [0.25, 0.3) is 10.9 Å². The zero-order valence-corrected chi connectivity index (χ0v) is 15.5. The summed E-state index contributed by atoms with van der Waals surface area (Å²) in [4.78, 5) is 8.38. The number of alkyl halides is 2. The van der Waals surface area contributed by atoms with E-state index >= 15 is 0 Å². The van der Waals surface area contributed by atoms with Crippen LogP contribution in [0, 0.1) is 0 Å². The van der Waals surface area contributed by atoms with Crippen molar-refractivity contribution in [2.75, 3.05) is 5.32 Å². The van der Waals surface area contributed by atoms with Crippen molar-refractivity contribution in [2.45, 2.75) is 12.7 Å². The largest absolute Gasteiger partial charge is 0.505 e. The van der Waals surface area contributed by atoms with E-state index in [1.165, 1.54) is 24.4 Å². The quantitative estimate of drug-likeness (QED) is 0.422. The molecule has 4 aromatic rings. The van der Waals surface area contributed by atoms with E-state index in [1.807, 2.05) is 12.1 Å². The van der Waals surface area contributed by atoms with Gasteiger partial charge in [-0.3, -0.25) is 4.98 Å². The lowest BCUT2D eigenvalue weighted by Crippen LogP contribution is -2.14. The second-order valence-electron chi connectivity index (χ2n) is 6.47. The van der Waals surface area contributed by atoms with E-state index in [9.17, 15) is 19.0 Å². The normalized spacial score (nSPS) is 12.1. The SMILES string of the molecule is Oc1cccnc1N[C@H](c1ccc(OC(F)F)cc1)c1ccc2cccnc2c1O. The summed E-state index contributed by atoms with van der Waals surface area (Å²) < 4.78 is 29.3. The van der Waals surface area contributed by atoms with Crippen LogP contribution in [0.3, 0.4) is 0 Å². The average Bonchev–Trinajstić information content (AvgIpc) is 2.74. The molecule has 0 aliphatic heterocycles. The number of benzene rings is 2. The van der Waals surface area contributed by atoms with Crippen molar-refractivity contribution in [3.63, 3.8) is 0 Å². The fraction of sp³-hybridized carbons (Fsp3) is 0.0909. The van der Waals surface area contributed by atoms with Crippen molar-refractivity contribution >= 4 is 16.7 Å². The maximum Gasteiger partial charge on any atom is 0.387 e. The number of nitrogens with zero attached hydrogens (tertiary/aromatic N) is 2. The Balaban J connectivity index is 1.80. The third-order valence-electron chi connectivity index (χ3n) is 4.60. The molecule has 0 spiro atoms. The lowest BCUT2D eigenvalue weighted by Gasteiger charge is -2.22. The molecule has 0 saturated heterocycles. The average molecular weight is 409 g/mol. The molecule has 0 aliphatic rings. The number of phenolic OH excluding ortho intramolecular Hbond substituents is 1. The molecule has 0 radical (unpaired) electrons. The first-order valence-electron chi connectivity index (χ1n) is 9.05. The highest BCUT2D eigenvalue weighted by Crippen LogP contribution is 2.37. The van der Waals surface area contributed by atoms with Crippen molar-refractivity contribution in [1.29, 1.82) is 0 Å². The Bertz CT molecular complexity index is 1170. The Hall–Kier alpha value is -3.94. The van der Waals surface area contributed by atoms with Crippen molar-refractivity contribution in [3.8, 4) is 17.2 Å². The van der Waals surface area contributed by atoms with Gasteiger partial charge < -0.3 is 20.3 Å². The smallest absolute Gasteiger partial charge is 0.387 e. The highest BCUT2D eigenvalue weighted by molar-refractivity contribution is 5.86. The van der Waals surface area contributed by atoms with E-state index in [4.69, 9.17) is 0 Å². The Labute approximate surface area is 170 Å². The van der Waals surface area contributed by atoms with Gasteiger partial charge >= 0.3 is 6.61 Å². The Morgan fingerprint density at radius 2 is 1.60 bits per heavy atom. The van der Waals surface area contributed by atoms with Gasteiger partial charge in [-0.15, -0.1) is 0 Å². The number of nitrogens with one attached hydrogen (secondary N) is 1. The van der Waals surface area contributed by atoms with Crippen LogP contribution in [0.1, 0.15) is 17.2 Å². The minimum atomic E-state index is -2.93. The van der Waals surface area contributed by atoms with Crippen LogP contribution >= 0.6 is 0 Å². The number of halogens is 2. The number of hydrogen-bond donors (Lipinski definition) is 3. The van der Waals surface area contributed by atoms with Crippen LogP contribution < -0.4 is 10.1 Å². The monoisotopic (exact) mass is 409 g/mol. The summed E-state index contributed by atoms with van der Waals surface area (Å²) in [5.41, 5.74) is 1.53. The molecule has 6 nitrogen and oxygen atoms in total. The molecule has 2 aromatic carbocycles. The van der Waals surface area contributed by atoms with Gasteiger partial charge in [-0.05, 0) is 35.9 Å². The molecule has 0 amide bonds. The van der Waals surface area contributed by atoms with Gasteiger partial charge in [-0.2, -0.15) is 8.78 Å². The van der Waals surface area contributed by atoms with Gasteiger partial charge in [0.15, 0.2) is 11.6 Å². The first-order chi connectivity index (χ1) is 14.5. The van der Waals surface area contributed by atoms with E-state index in [0.29, 0.717) is 16.6 Å². The van der Waals surface area contributed by atoms with Gasteiger partial charge in [0.25, 0.3) is 0 Å². The van der Waals surface area contributed by atoms with E-state index in [-0.39, 0.29) is 23.1 Å². The zero-order chi connectivity index (χ0) is 21.1. The van der Waals surface area contributed by atoms with Crippen LogP contribution in [-0.4, -0.2) is 26.8 Å². The summed E-state index contributed by atoms with van der Waals surface area (Å²) in [6, 6.07) is 15.6. The van der Waals surface area contributed by atoms with E-state index in [0.717, 1.165) is 5.39 Å². The van der Waals surface area contributed by atoms with Crippen LogP contribution in [0.5, 0.6) is 17.2 Å². The number of rotatable bonds is 6. The van der Waals surface area contributed by atoms with Crippen molar-refractivity contribution in [3.05, 3.63) is 84.2 Å². The fourth-order valence-electron chi connectivity index (χ4n) is 3.21. The summed E-state index contributed by atoms with van der Waals surface area (Å²) in [7, 11) is 0. The van der Waals surface area contributed by atoms with Crippen molar-refractivity contribution in [2.24, 2.45) is 0 Å². The van der Waals surface area contributed by atoms with E-state index in [2.05, 4.69) is 20.0 Å². The third kappa shape index (κ3) is 3.93. The molecule has 0 aliphatic carbocycles. The number of aromatic nitrogens is 2. The molecule has 0 bridgehead atoms. The second kappa shape index (κ2) is 8.20. The summed E-state index contributed by atoms with van der Waals surface area (Å²) in [5, 5.41) is 24.9. The first kappa shape index (κ1) is 19.4. The van der Waals surface area contributed by atoms with Crippen LogP contribution in [-0.2, 0) is 0 Å². The predicted octanol–water partition coefficient (Wildman–Crippen LogP) is 4.84. The second-order valence-corrected chi connectivity index (χ2v) is 6.47. The minimum absolute atomic E-state index is 0.0117. The number of hydrogen-bond acceptors (Lipinski definition) is 6. The Morgan fingerprint density at radius 1 is 0.867 bits per heavy atom. The number of phenols is 1. The van der Waals surface area contributed by atoms with E-state index in [1.54, 1.807) is 36.5 Å². The van der Waals surface area contributed by atoms with Crippen LogP contribution in [0.15, 0.2) is 73.1 Å². The number of pyridine rings is 2. The van der Waals surface area contributed by atoms with E-state index < -0.39 is 12.7 Å². The van der Waals surface area contributed by atoms with Gasteiger partial charge in [0, 0.05) is 23.3 Å². The molecule has 0 fully saturated rings. The molecule has 2 heterocycles. The highest BCUT2D eigenvalue weighted by atomic mass is 19.3. The first-order valence-corrected chi connectivity index (χ1v) is 9.05. The summed E-state index contributed by atoms with van der Waals surface area (Å²) in [5.74, 6) is 0.112. The predicted molar refractivity (Wildman–Crippen MR) is 108 cm³/mol. The molecule has 4 rings (SSSR count). The van der Waals surface area contributed by atoms with Gasteiger partial charge in [0.2, 0.25) is 0 Å². The van der Waals surface area contributed by atoms with Gasteiger partial charge in [0.05, 0.1) is 6.04 Å². The lowest BCUT2D eigenvalue weighted by molar-refractivity contribution is -0.0498. The Kier molecular flexibility index (Phi) is 5.30. The lowest BCUT2D eigenvalue weighted by atomic mass is 9.96. The molecule has 8 heteroatoms. The van der Waals surface area contributed by atoms with Gasteiger partial charge in [-0.25, -0.2) is 4.98 Å². The minimum Gasteiger partial charge on any atom is -0.505 e. The zero-order valence-electron chi connectivity index (χ0n) is 15.5. The third-order valence-corrected chi connectivity index (χ3v) is 4.60. The number of fused-ring (bicyclic) bond motifs is 1. The maximum absolute atomic E-state index is 12.5. The van der Waals surface area contributed by atoms with Crippen molar-refractivity contribution < 1.29 is 23.7 Å². The molecular formula is C22H17F2N3O3. The molecule has 0 saturated carbocycles. The standard InChI is InChI=1S/C22H17F2N3O3/c23-22(24)30-15-8-5-14(6-9-15)18(27-21-17(28)4-2-12-26-21)16-10-7-13-3-1-11-25-19(13)20(16)29/h1-12,18,22,28-29H,(H,26,27)/t18-/m1/s1. The topological polar surface area (TPSA) is 87.5 Å². The number of anilines is 1. The molecule has 152 valence electrons. The van der Waals surface area contributed by atoms with Crippen LogP contribution in [0.4, 0.5) is 14.6 Å². The van der Waals surface area contributed by atoms with Gasteiger partial charge in [0.1, 0.15) is 17.0 Å².